The largest absolute Gasteiger partial charge is 0.352 e. The van der Waals surface area contributed by atoms with E-state index in [1.165, 1.54) is 30.5 Å². The predicted octanol–water partition coefficient (Wildman–Crippen LogP) is 4.93. The van der Waals surface area contributed by atoms with E-state index in [0.29, 0.717) is 11.6 Å². The Balaban J connectivity index is 1.50. The number of rotatable bonds is 5. The molecule has 0 amide bonds. The number of halogens is 1. The van der Waals surface area contributed by atoms with Crippen LogP contribution in [0.4, 0.5) is 4.39 Å². The Hall–Kier alpha value is -2.46. The summed E-state index contributed by atoms with van der Waals surface area (Å²) in [6.07, 6.45) is 2.66. The summed E-state index contributed by atoms with van der Waals surface area (Å²) >= 11 is 0. The minimum Gasteiger partial charge on any atom is -0.352 e. The Bertz CT molecular complexity index is 937. The molecule has 4 heteroatoms. The highest BCUT2D eigenvalue weighted by Gasteiger charge is 2.20. The molecule has 1 N–H and O–H groups in total. The van der Waals surface area contributed by atoms with E-state index in [1.807, 2.05) is 6.07 Å². The third kappa shape index (κ3) is 3.96. The maximum atomic E-state index is 13.0. The number of ketones is 1. The molecular formula is C23H25FN2O. The number of H-pyrrole nitrogens is 1. The average molecular weight is 364 g/mol. The lowest BCUT2D eigenvalue weighted by Crippen LogP contribution is -2.32. The van der Waals surface area contributed by atoms with Gasteiger partial charge in [-0.15, -0.1) is 0 Å². The van der Waals surface area contributed by atoms with Crippen LogP contribution >= 0.6 is 0 Å². The van der Waals surface area contributed by atoms with Crippen molar-refractivity contribution in [1.29, 1.82) is 0 Å². The van der Waals surface area contributed by atoms with Crippen molar-refractivity contribution in [3.05, 3.63) is 71.2 Å². The zero-order chi connectivity index (χ0) is 18.8. The van der Waals surface area contributed by atoms with Crippen molar-refractivity contribution in [2.24, 2.45) is 0 Å². The molecule has 3 nitrogen and oxygen atoms in total. The van der Waals surface area contributed by atoms with Crippen LogP contribution in [-0.4, -0.2) is 35.3 Å². The fourth-order valence-corrected chi connectivity index (χ4v) is 4.02. The lowest BCUT2D eigenvalue weighted by atomic mass is 9.89. The quantitative estimate of drug-likeness (QED) is 0.652. The van der Waals surface area contributed by atoms with Crippen LogP contribution in [0, 0.1) is 5.82 Å². The molecule has 1 aliphatic rings. The van der Waals surface area contributed by atoms with Gasteiger partial charge in [-0.1, -0.05) is 25.1 Å². The van der Waals surface area contributed by atoms with Gasteiger partial charge in [0.15, 0.2) is 5.78 Å². The smallest absolute Gasteiger partial charge is 0.183 e. The van der Waals surface area contributed by atoms with Gasteiger partial charge >= 0.3 is 0 Å². The number of nitrogens with one attached hydrogen (secondary N) is 1. The number of hydrogen-bond donors (Lipinski definition) is 1. The Kier molecular flexibility index (Phi) is 5.08. The molecule has 0 atom stereocenters. The van der Waals surface area contributed by atoms with Crippen molar-refractivity contribution in [3.8, 4) is 0 Å². The minimum absolute atomic E-state index is 0.0237. The third-order valence-electron chi connectivity index (χ3n) is 5.73. The number of nitrogens with zero attached hydrogens (tertiary/aromatic N) is 1. The summed E-state index contributed by atoms with van der Waals surface area (Å²) in [4.78, 5) is 18.3. The molecule has 0 aliphatic carbocycles. The number of likely N-dealkylation sites (tertiary alicyclic amines) is 1. The highest BCUT2D eigenvalue weighted by molar-refractivity contribution is 6.00. The Morgan fingerprint density at radius 3 is 2.56 bits per heavy atom. The van der Waals surface area contributed by atoms with Gasteiger partial charge in [-0.3, -0.25) is 4.79 Å². The molecule has 0 unspecified atom stereocenters. The SMILES string of the molecule is CCN1CCC(c2ccc3[nH]c(C(=O)Cc4ccc(F)cc4)cc3c2)CC1. The van der Waals surface area contributed by atoms with Gasteiger partial charge in [0.05, 0.1) is 5.69 Å². The van der Waals surface area contributed by atoms with E-state index in [1.54, 1.807) is 12.1 Å². The number of fused-ring (bicyclic) bond motifs is 1. The molecule has 27 heavy (non-hydrogen) atoms. The molecule has 0 spiro atoms. The van der Waals surface area contributed by atoms with Crippen LogP contribution in [0.5, 0.6) is 0 Å². The number of carbonyl (C=O) groups is 1. The van der Waals surface area contributed by atoms with E-state index in [-0.39, 0.29) is 18.0 Å². The highest BCUT2D eigenvalue weighted by Crippen LogP contribution is 2.30. The summed E-state index contributed by atoms with van der Waals surface area (Å²) in [7, 11) is 0. The predicted molar refractivity (Wildman–Crippen MR) is 107 cm³/mol. The number of aromatic nitrogens is 1. The topological polar surface area (TPSA) is 36.1 Å². The number of aromatic amines is 1. The standard InChI is InChI=1S/C23H25FN2O/c1-2-26-11-9-17(10-12-26)18-5-8-21-19(14-18)15-22(25-21)23(27)13-16-3-6-20(24)7-4-16/h3-8,14-15,17,25H,2,9-13H2,1H3. The van der Waals surface area contributed by atoms with E-state index < -0.39 is 0 Å². The molecule has 4 rings (SSSR count). The molecule has 0 radical (unpaired) electrons. The van der Waals surface area contributed by atoms with Gasteiger partial charge in [0, 0.05) is 17.3 Å². The fraction of sp³-hybridized carbons (Fsp3) is 0.348. The van der Waals surface area contributed by atoms with Crippen molar-refractivity contribution in [2.45, 2.75) is 32.1 Å². The monoisotopic (exact) mass is 364 g/mol. The molecule has 1 aromatic heterocycles. The number of hydrogen-bond acceptors (Lipinski definition) is 2. The van der Waals surface area contributed by atoms with Crippen molar-refractivity contribution < 1.29 is 9.18 Å². The first-order valence-electron chi connectivity index (χ1n) is 9.75. The maximum absolute atomic E-state index is 13.0. The van der Waals surface area contributed by atoms with Crippen molar-refractivity contribution >= 4 is 16.7 Å². The molecule has 2 heterocycles. The van der Waals surface area contributed by atoms with Crippen LogP contribution in [0.3, 0.4) is 0 Å². The second-order valence-corrected chi connectivity index (χ2v) is 7.46. The summed E-state index contributed by atoms with van der Waals surface area (Å²) in [6.45, 7) is 5.67. The van der Waals surface area contributed by atoms with Gasteiger partial charge in [-0.05, 0) is 79.9 Å². The van der Waals surface area contributed by atoms with Gasteiger partial charge in [0.2, 0.25) is 0 Å². The highest BCUT2D eigenvalue weighted by atomic mass is 19.1. The average Bonchev–Trinajstić information content (AvgIpc) is 3.13. The van der Waals surface area contributed by atoms with Gasteiger partial charge < -0.3 is 9.88 Å². The van der Waals surface area contributed by atoms with Gasteiger partial charge in [-0.2, -0.15) is 0 Å². The van der Waals surface area contributed by atoms with E-state index in [4.69, 9.17) is 0 Å². The van der Waals surface area contributed by atoms with Crippen molar-refractivity contribution in [2.75, 3.05) is 19.6 Å². The van der Waals surface area contributed by atoms with Crippen LogP contribution in [0.25, 0.3) is 10.9 Å². The summed E-state index contributed by atoms with van der Waals surface area (Å²) in [6, 6.07) is 14.6. The molecular weight excluding hydrogens is 339 g/mol. The molecule has 0 bridgehead atoms. The summed E-state index contributed by atoms with van der Waals surface area (Å²) in [5, 5.41) is 1.09. The fourth-order valence-electron chi connectivity index (χ4n) is 4.02. The van der Waals surface area contributed by atoms with Crippen LogP contribution in [0.2, 0.25) is 0 Å². The second kappa shape index (κ2) is 7.65. The van der Waals surface area contributed by atoms with Crippen LogP contribution in [0.1, 0.15) is 47.3 Å². The van der Waals surface area contributed by atoms with Gasteiger partial charge in [-0.25, -0.2) is 4.39 Å². The molecule has 2 aromatic carbocycles. The van der Waals surface area contributed by atoms with Crippen molar-refractivity contribution in [1.82, 2.24) is 9.88 Å². The first-order valence-corrected chi connectivity index (χ1v) is 9.75. The van der Waals surface area contributed by atoms with E-state index in [9.17, 15) is 9.18 Å². The molecule has 3 aromatic rings. The van der Waals surface area contributed by atoms with E-state index >= 15 is 0 Å². The Labute approximate surface area is 159 Å². The molecule has 1 aliphatic heterocycles. The molecule has 1 fully saturated rings. The zero-order valence-electron chi connectivity index (χ0n) is 15.7. The summed E-state index contributed by atoms with van der Waals surface area (Å²) in [5.74, 6) is 0.343. The number of Topliss-reactive ketones (excluding diaryl/α,β-unsaturated/α-hetero) is 1. The minimum atomic E-state index is -0.283. The van der Waals surface area contributed by atoms with Crippen LogP contribution < -0.4 is 0 Å². The molecule has 1 saturated heterocycles. The molecule has 0 saturated carbocycles. The first kappa shape index (κ1) is 17.9. The summed E-state index contributed by atoms with van der Waals surface area (Å²) in [5.41, 5.74) is 3.80. The van der Waals surface area contributed by atoms with Crippen LogP contribution in [0.15, 0.2) is 48.5 Å². The Morgan fingerprint density at radius 1 is 1.11 bits per heavy atom. The Morgan fingerprint density at radius 2 is 1.85 bits per heavy atom. The normalized spacial score (nSPS) is 16.1. The maximum Gasteiger partial charge on any atom is 0.183 e. The lowest BCUT2D eigenvalue weighted by molar-refractivity contribution is 0.0989. The third-order valence-corrected chi connectivity index (χ3v) is 5.73. The molecule has 140 valence electrons. The number of carbonyl (C=O) groups excluding carboxylic acids is 1. The summed E-state index contributed by atoms with van der Waals surface area (Å²) < 4.78 is 13.0. The lowest BCUT2D eigenvalue weighted by Gasteiger charge is -2.31. The zero-order valence-corrected chi connectivity index (χ0v) is 15.7. The number of piperidine rings is 1. The van der Waals surface area contributed by atoms with Gasteiger partial charge in [0.25, 0.3) is 0 Å². The van der Waals surface area contributed by atoms with Gasteiger partial charge in [0.1, 0.15) is 5.82 Å². The second-order valence-electron chi connectivity index (χ2n) is 7.46. The van der Waals surface area contributed by atoms with E-state index in [0.717, 1.165) is 36.1 Å². The van der Waals surface area contributed by atoms with Crippen molar-refractivity contribution in [3.63, 3.8) is 0 Å². The van der Waals surface area contributed by atoms with E-state index in [2.05, 4.69) is 35.0 Å². The van der Waals surface area contributed by atoms with Crippen LogP contribution in [-0.2, 0) is 6.42 Å². The number of benzene rings is 2. The first-order chi connectivity index (χ1) is 13.1.